The Morgan fingerprint density at radius 1 is 1.56 bits per heavy atom. The first-order valence-electron chi connectivity index (χ1n) is 5.74. The minimum absolute atomic E-state index is 0.0657. The number of likely N-dealkylation sites (N-methyl/N-ethyl adjacent to an activating group) is 1. The molecule has 94 valence electrons. The fourth-order valence-corrected chi connectivity index (χ4v) is 2.29. The number of carbonyl (C=O) groups is 1. The highest BCUT2D eigenvalue weighted by Crippen LogP contribution is 2.31. The second kappa shape index (κ2) is 4.67. The molecule has 0 spiro atoms. The van der Waals surface area contributed by atoms with E-state index in [0.29, 0.717) is 18.7 Å². The van der Waals surface area contributed by atoms with Crippen LogP contribution in [0.15, 0.2) is 24.3 Å². The van der Waals surface area contributed by atoms with Crippen molar-refractivity contribution in [2.75, 3.05) is 25.0 Å². The molecule has 2 N–H and O–H groups in total. The number of hydrogen-bond acceptors (Lipinski definition) is 4. The summed E-state index contributed by atoms with van der Waals surface area (Å²) in [6, 6.07) is 9.39. The summed E-state index contributed by atoms with van der Waals surface area (Å²) < 4.78 is 0. The lowest BCUT2D eigenvalue weighted by atomic mass is 9.86. The van der Waals surface area contributed by atoms with Crippen LogP contribution in [0.1, 0.15) is 12.0 Å². The van der Waals surface area contributed by atoms with E-state index >= 15 is 0 Å². The van der Waals surface area contributed by atoms with E-state index in [4.69, 9.17) is 10.4 Å². The van der Waals surface area contributed by atoms with Crippen LogP contribution in [-0.4, -0.2) is 36.8 Å². The molecule has 5 heteroatoms. The quantitative estimate of drug-likeness (QED) is 0.821. The number of carboxylic acid groups (broad SMARTS) is 1. The van der Waals surface area contributed by atoms with Crippen molar-refractivity contribution in [1.29, 1.82) is 5.26 Å². The van der Waals surface area contributed by atoms with Crippen molar-refractivity contribution in [1.82, 2.24) is 5.32 Å². The summed E-state index contributed by atoms with van der Waals surface area (Å²) in [5.74, 6) is -0.821. The van der Waals surface area contributed by atoms with Crippen LogP contribution in [-0.2, 0) is 4.79 Å². The molecule has 1 heterocycles. The fourth-order valence-electron chi connectivity index (χ4n) is 2.29. The highest BCUT2D eigenvalue weighted by Gasteiger charge is 2.43. The van der Waals surface area contributed by atoms with E-state index in [2.05, 4.69) is 11.4 Å². The summed E-state index contributed by atoms with van der Waals surface area (Å²) in [4.78, 5) is 12.9. The highest BCUT2D eigenvalue weighted by molar-refractivity contribution is 5.71. The Kier molecular flexibility index (Phi) is 3.21. The smallest absolute Gasteiger partial charge is 0.305 e. The minimum atomic E-state index is -0.821. The second-order valence-corrected chi connectivity index (χ2v) is 4.59. The van der Waals surface area contributed by atoms with Gasteiger partial charge in [0.15, 0.2) is 0 Å². The summed E-state index contributed by atoms with van der Waals surface area (Å²) in [5.41, 5.74) is 0.915. The summed E-state index contributed by atoms with van der Waals surface area (Å²) in [7, 11) is 1.85. The summed E-state index contributed by atoms with van der Waals surface area (Å²) in [6.45, 7) is 1.24. The van der Waals surface area contributed by atoms with Crippen LogP contribution in [0.5, 0.6) is 0 Å². The first-order valence-corrected chi connectivity index (χ1v) is 5.74. The lowest BCUT2D eigenvalue weighted by Crippen LogP contribution is -2.69. The molecular weight excluding hydrogens is 230 g/mol. The number of nitrogens with zero attached hydrogens (tertiary/aromatic N) is 2. The van der Waals surface area contributed by atoms with E-state index in [1.165, 1.54) is 0 Å². The Hall–Kier alpha value is -2.06. The van der Waals surface area contributed by atoms with Crippen molar-refractivity contribution < 1.29 is 9.90 Å². The molecule has 2 rings (SSSR count). The highest BCUT2D eigenvalue weighted by atomic mass is 16.4. The maximum absolute atomic E-state index is 11.0. The van der Waals surface area contributed by atoms with Crippen LogP contribution < -0.4 is 10.2 Å². The molecule has 0 saturated carbocycles. The van der Waals surface area contributed by atoms with Gasteiger partial charge < -0.3 is 15.3 Å². The van der Waals surface area contributed by atoms with Crippen molar-refractivity contribution in [3.8, 4) is 6.07 Å². The fraction of sp³-hybridized carbons (Fsp3) is 0.385. The van der Waals surface area contributed by atoms with Crippen molar-refractivity contribution in [2.45, 2.75) is 12.0 Å². The number of nitrogens with one attached hydrogen (secondary N) is 1. The zero-order chi connectivity index (χ0) is 13.2. The van der Waals surface area contributed by atoms with Crippen molar-refractivity contribution >= 4 is 11.7 Å². The maximum atomic E-state index is 11.0. The average Bonchev–Trinajstić information content (AvgIpc) is 2.32. The molecule has 0 bridgehead atoms. The normalized spacial score (nSPS) is 16.4. The molecule has 0 amide bonds. The van der Waals surface area contributed by atoms with Crippen LogP contribution in [0.3, 0.4) is 0 Å². The van der Waals surface area contributed by atoms with Gasteiger partial charge in [0.05, 0.1) is 23.2 Å². The SMILES string of the molecule is CN(c1ccccc1C#N)C1(CC(=O)O)CNC1. The van der Waals surface area contributed by atoms with Crippen molar-refractivity contribution in [3.05, 3.63) is 29.8 Å². The van der Waals surface area contributed by atoms with Gasteiger partial charge >= 0.3 is 5.97 Å². The number of para-hydroxylation sites is 1. The third-order valence-corrected chi connectivity index (χ3v) is 3.49. The molecule has 1 aromatic rings. The van der Waals surface area contributed by atoms with E-state index in [1.54, 1.807) is 12.1 Å². The van der Waals surface area contributed by atoms with Gasteiger partial charge in [0.1, 0.15) is 6.07 Å². The molecule has 0 aliphatic carbocycles. The second-order valence-electron chi connectivity index (χ2n) is 4.59. The van der Waals surface area contributed by atoms with E-state index in [-0.39, 0.29) is 6.42 Å². The number of anilines is 1. The molecule has 18 heavy (non-hydrogen) atoms. The van der Waals surface area contributed by atoms with E-state index < -0.39 is 11.5 Å². The van der Waals surface area contributed by atoms with Gasteiger partial charge in [-0.3, -0.25) is 4.79 Å². The molecule has 1 aliphatic rings. The number of benzene rings is 1. The van der Waals surface area contributed by atoms with Crippen molar-refractivity contribution in [2.24, 2.45) is 0 Å². The molecule has 0 unspecified atom stereocenters. The van der Waals surface area contributed by atoms with Crippen LogP contribution in [0.25, 0.3) is 0 Å². The number of carboxylic acids is 1. The van der Waals surface area contributed by atoms with Gasteiger partial charge in [0.25, 0.3) is 0 Å². The molecule has 1 fully saturated rings. The predicted octanol–water partition coefficient (Wildman–Crippen LogP) is 0.811. The molecule has 0 atom stereocenters. The molecular formula is C13H15N3O2. The lowest BCUT2D eigenvalue weighted by molar-refractivity contribution is -0.138. The van der Waals surface area contributed by atoms with E-state index in [1.807, 2.05) is 24.1 Å². The topological polar surface area (TPSA) is 76.4 Å². The van der Waals surface area contributed by atoms with Crippen LogP contribution >= 0.6 is 0 Å². The number of hydrogen-bond donors (Lipinski definition) is 2. The van der Waals surface area contributed by atoms with Gasteiger partial charge in [-0.1, -0.05) is 12.1 Å². The molecule has 0 aromatic heterocycles. The Labute approximate surface area is 106 Å². The van der Waals surface area contributed by atoms with Gasteiger partial charge in [-0.15, -0.1) is 0 Å². The van der Waals surface area contributed by atoms with Gasteiger partial charge in [-0.25, -0.2) is 0 Å². The van der Waals surface area contributed by atoms with E-state index in [0.717, 1.165) is 5.69 Å². The average molecular weight is 245 g/mol. The van der Waals surface area contributed by atoms with Gasteiger partial charge in [0.2, 0.25) is 0 Å². The third-order valence-electron chi connectivity index (χ3n) is 3.49. The zero-order valence-electron chi connectivity index (χ0n) is 10.2. The predicted molar refractivity (Wildman–Crippen MR) is 67.4 cm³/mol. The maximum Gasteiger partial charge on any atom is 0.305 e. The molecule has 1 aliphatic heterocycles. The van der Waals surface area contributed by atoms with Crippen LogP contribution in [0.4, 0.5) is 5.69 Å². The van der Waals surface area contributed by atoms with E-state index in [9.17, 15) is 4.79 Å². The molecule has 1 aromatic carbocycles. The van der Waals surface area contributed by atoms with Gasteiger partial charge in [-0.2, -0.15) is 5.26 Å². The number of rotatable bonds is 4. The largest absolute Gasteiger partial charge is 0.481 e. The van der Waals surface area contributed by atoms with Gasteiger partial charge in [-0.05, 0) is 12.1 Å². The summed E-state index contributed by atoms with van der Waals surface area (Å²) in [5, 5.41) is 21.2. The number of aliphatic carboxylic acids is 1. The first-order chi connectivity index (χ1) is 8.59. The summed E-state index contributed by atoms with van der Waals surface area (Å²) in [6.07, 6.45) is 0.0657. The zero-order valence-corrected chi connectivity index (χ0v) is 10.2. The Balaban J connectivity index is 2.32. The number of nitriles is 1. The van der Waals surface area contributed by atoms with Gasteiger partial charge in [0, 0.05) is 20.1 Å². The van der Waals surface area contributed by atoms with Crippen molar-refractivity contribution in [3.63, 3.8) is 0 Å². The Morgan fingerprint density at radius 3 is 2.72 bits per heavy atom. The van der Waals surface area contributed by atoms with Crippen LogP contribution in [0.2, 0.25) is 0 Å². The molecule has 0 radical (unpaired) electrons. The standard InChI is InChI=1S/C13H15N3O2/c1-16(11-5-3-2-4-10(11)7-14)13(6-12(17)18)8-15-9-13/h2-5,15H,6,8-9H2,1H3,(H,17,18). The minimum Gasteiger partial charge on any atom is -0.481 e. The third kappa shape index (κ3) is 2.03. The van der Waals surface area contributed by atoms with Crippen LogP contribution in [0, 0.1) is 11.3 Å². The first kappa shape index (κ1) is 12.4. The molecule has 5 nitrogen and oxygen atoms in total. The molecule has 1 saturated heterocycles. The monoisotopic (exact) mass is 245 g/mol. The lowest BCUT2D eigenvalue weighted by Gasteiger charge is -2.49. The summed E-state index contributed by atoms with van der Waals surface area (Å²) >= 11 is 0. The Morgan fingerprint density at radius 2 is 2.22 bits per heavy atom. The Bertz CT molecular complexity index is 503.